The summed E-state index contributed by atoms with van der Waals surface area (Å²) in [5, 5.41) is 6.50. The third-order valence-electron chi connectivity index (χ3n) is 3.83. The minimum Gasteiger partial charge on any atom is -0.354 e. The highest BCUT2D eigenvalue weighted by atomic mass is 15.2. The van der Waals surface area contributed by atoms with Crippen LogP contribution in [0.4, 0.5) is 11.9 Å². The Bertz CT molecular complexity index is 598. The van der Waals surface area contributed by atoms with Crippen molar-refractivity contribution >= 4 is 11.9 Å². The van der Waals surface area contributed by atoms with Crippen LogP contribution in [0.15, 0.2) is 30.3 Å². The lowest BCUT2D eigenvalue weighted by atomic mass is 10.2. The molecule has 0 amide bonds. The van der Waals surface area contributed by atoms with Gasteiger partial charge in [-0.25, -0.2) is 0 Å². The van der Waals surface area contributed by atoms with Gasteiger partial charge in [0.1, 0.15) is 0 Å². The van der Waals surface area contributed by atoms with Crippen molar-refractivity contribution in [3.8, 4) is 11.4 Å². The molecule has 24 heavy (non-hydrogen) atoms. The van der Waals surface area contributed by atoms with E-state index in [2.05, 4.69) is 44.3 Å². The second kappa shape index (κ2) is 9.82. The number of hydrogen-bond acceptors (Lipinski definition) is 6. The van der Waals surface area contributed by atoms with Crippen molar-refractivity contribution in [2.45, 2.75) is 27.2 Å². The Labute approximate surface area is 144 Å². The van der Waals surface area contributed by atoms with Gasteiger partial charge in [0.25, 0.3) is 0 Å². The number of hydrogen-bond donors (Lipinski definition) is 2. The number of aromatic nitrogens is 3. The Morgan fingerprint density at radius 2 is 1.54 bits per heavy atom. The first-order valence-corrected chi connectivity index (χ1v) is 8.78. The summed E-state index contributed by atoms with van der Waals surface area (Å²) < 4.78 is 0. The molecule has 0 saturated carbocycles. The Kier molecular flexibility index (Phi) is 7.42. The molecule has 0 atom stereocenters. The van der Waals surface area contributed by atoms with E-state index >= 15 is 0 Å². The Morgan fingerprint density at radius 3 is 2.17 bits per heavy atom. The van der Waals surface area contributed by atoms with Gasteiger partial charge in [-0.1, -0.05) is 44.2 Å². The van der Waals surface area contributed by atoms with E-state index in [0.717, 1.165) is 44.7 Å². The first-order chi connectivity index (χ1) is 11.8. The van der Waals surface area contributed by atoms with Crippen LogP contribution in [0.5, 0.6) is 0 Å². The van der Waals surface area contributed by atoms with Crippen LogP contribution >= 0.6 is 0 Å². The largest absolute Gasteiger partial charge is 0.354 e. The van der Waals surface area contributed by atoms with Crippen molar-refractivity contribution in [2.24, 2.45) is 0 Å². The van der Waals surface area contributed by atoms with E-state index < -0.39 is 0 Å². The van der Waals surface area contributed by atoms with Gasteiger partial charge in [0, 0.05) is 18.7 Å². The summed E-state index contributed by atoms with van der Waals surface area (Å²) in [6.45, 7) is 11.3. The summed E-state index contributed by atoms with van der Waals surface area (Å²) in [5.41, 5.74) is 0.991. The smallest absolute Gasteiger partial charge is 0.228 e. The molecule has 130 valence electrons. The SMILES string of the molecule is CCNc1nc(NCCCN(CC)CC)nc(-c2ccccc2)n1. The summed E-state index contributed by atoms with van der Waals surface area (Å²) in [5.74, 6) is 1.92. The van der Waals surface area contributed by atoms with Crippen molar-refractivity contribution in [3.05, 3.63) is 30.3 Å². The van der Waals surface area contributed by atoms with Crippen LogP contribution in [0.1, 0.15) is 27.2 Å². The lowest BCUT2D eigenvalue weighted by Crippen LogP contribution is -2.25. The predicted molar refractivity (Wildman–Crippen MR) is 100 cm³/mol. The molecule has 0 bridgehead atoms. The van der Waals surface area contributed by atoms with Gasteiger partial charge in [-0.2, -0.15) is 15.0 Å². The maximum atomic E-state index is 4.56. The van der Waals surface area contributed by atoms with Crippen molar-refractivity contribution in [3.63, 3.8) is 0 Å². The zero-order valence-corrected chi connectivity index (χ0v) is 14.9. The summed E-state index contributed by atoms with van der Waals surface area (Å²) in [7, 11) is 0. The monoisotopic (exact) mass is 328 g/mol. The summed E-state index contributed by atoms with van der Waals surface area (Å²) in [6, 6.07) is 9.99. The highest BCUT2D eigenvalue weighted by Gasteiger charge is 2.08. The molecule has 1 aromatic heterocycles. The molecule has 0 unspecified atom stereocenters. The molecule has 0 aliphatic carbocycles. The lowest BCUT2D eigenvalue weighted by molar-refractivity contribution is 0.303. The number of nitrogens with one attached hydrogen (secondary N) is 2. The molecule has 0 spiro atoms. The van der Waals surface area contributed by atoms with Gasteiger partial charge in [0.15, 0.2) is 5.82 Å². The van der Waals surface area contributed by atoms with Crippen LogP contribution in [0.25, 0.3) is 11.4 Å². The first kappa shape index (κ1) is 18.1. The molecule has 0 aliphatic rings. The summed E-state index contributed by atoms with van der Waals surface area (Å²) in [6.07, 6.45) is 1.06. The minimum atomic E-state index is 0.609. The average molecular weight is 328 g/mol. The van der Waals surface area contributed by atoms with Crippen LogP contribution in [0.3, 0.4) is 0 Å². The summed E-state index contributed by atoms with van der Waals surface area (Å²) >= 11 is 0. The Morgan fingerprint density at radius 1 is 0.875 bits per heavy atom. The zero-order valence-electron chi connectivity index (χ0n) is 14.9. The van der Waals surface area contributed by atoms with E-state index in [-0.39, 0.29) is 0 Å². The van der Waals surface area contributed by atoms with Gasteiger partial charge >= 0.3 is 0 Å². The second-order valence-corrected chi connectivity index (χ2v) is 5.51. The van der Waals surface area contributed by atoms with E-state index in [1.165, 1.54) is 0 Å². The highest BCUT2D eigenvalue weighted by Crippen LogP contribution is 2.17. The van der Waals surface area contributed by atoms with Crippen LogP contribution in [-0.4, -0.2) is 52.6 Å². The first-order valence-electron chi connectivity index (χ1n) is 8.78. The molecule has 1 heterocycles. The molecule has 2 aromatic rings. The quantitative estimate of drug-likeness (QED) is 0.653. The number of benzene rings is 1. The van der Waals surface area contributed by atoms with Crippen molar-refractivity contribution < 1.29 is 0 Å². The Hall–Kier alpha value is -2.21. The van der Waals surface area contributed by atoms with Crippen molar-refractivity contribution in [1.29, 1.82) is 0 Å². The topological polar surface area (TPSA) is 66.0 Å². The van der Waals surface area contributed by atoms with Gasteiger partial charge in [-0.15, -0.1) is 0 Å². The lowest BCUT2D eigenvalue weighted by Gasteiger charge is -2.17. The highest BCUT2D eigenvalue weighted by molar-refractivity contribution is 5.57. The molecular formula is C18H28N6. The third kappa shape index (κ3) is 5.45. The van der Waals surface area contributed by atoms with Gasteiger partial charge in [0.2, 0.25) is 11.9 Å². The van der Waals surface area contributed by atoms with Gasteiger partial charge in [-0.05, 0) is 33.0 Å². The third-order valence-corrected chi connectivity index (χ3v) is 3.83. The standard InChI is InChI=1S/C18H28N6/c1-4-19-17-21-16(15-11-8-7-9-12-15)22-18(23-17)20-13-10-14-24(5-2)6-3/h7-9,11-12H,4-6,10,13-14H2,1-3H3,(H2,19,20,21,22,23). The molecular weight excluding hydrogens is 300 g/mol. The molecule has 6 nitrogen and oxygen atoms in total. The number of anilines is 2. The predicted octanol–water partition coefficient (Wildman–Crippen LogP) is 3.11. The zero-order chi connectivity index (χ0) is 17.2. The summed E-state index contributed by atoms with van der Waals surface area (Å²) in [4.78, 5) is 15.9. The second-order valence-electron chi connectivity index (χ2n) is 5.51. The average Bonchev–Trinajstić information content (AvgIpc) is 2.63. The Balaban J connectivity index is 2.04. The van der Waals surface area contributed by atoms with Crippen LogP contribution in [0.2, 0.25) is 0 Å². The van der Waals surface area contributed by atoms with Crippen molar-refractivity contribution in [1.82, 2.24) is 19.9 Å². The maximum absolute atomic E-state index is 4.56. The molecule has 6 heteroatoms. The van der Waals surface area contributed by atoms with Gasteiger partial charge in [0.05, 0.1) is 0 Å². The number of rotatable bonds is 10. The van der Waals surface area contributed by atoms with E-state index in [4.69, 9.17) is 0 Å². The van der Waals surface area contributed by atoms with Crippen molar-refractivity contribution in [2.75, 3.05) is 43.4 Å². The van der Waals surface area contributed by atoms with Gasteiger partial charge in [-0.3, -0.25) is 0 Å². The molecule has 0 radical (unpaired) electrons. The van der Waals surface area contributed by atoms with Gasteiger partial charge < -0.3 is 15.5 Å². The van der Waals surface area contributed by atoms with E-state index in [1.54, 1.807) is 0 Å². The molecule has 2 N–H and O–H groups in total. The fourth-order valence-electron chi connectivity index (χ4n) is 2.45. The molecule has 1 aromatic carbocycles. The van der Waals surface area contributed by atoms with E-state index in [1.807, 2.05) is 37.3 Å². The fraction of sp³-hybridized carbons (Fsp3) is 0.500. The normalized spacial score (nSPS) is 10.8. The number of nitrogens with zero attached hydrogens (tertiary/aromatic N) is 4. The maximum Gasteiger partial charge on any atom is 0.228 e. The van der Waals surface area contributed by atoms with Crippen LogP contribution < -0.4 is 10.6 Å². The van der Waals surface area contributed by atoms with E-state index in [9.17, 15) is 0 Å². The fourth-order valence-corrected chi connectivity index (χ4v) is 2.45. The molecule has 0 fully saturated rings. The minimum absolute atomic E-state index is 0.609. The molecule has 0 aliphatic heterocycles. The van der Waals surface area contributed by atoms with E-state index in [0.29, 0.717) is 17.7 Å². The molecule has 0 saturated heterocycles. The van der Waals surface area contributed by atoms with Crippen LogP contribution in [-0.2, 0) is 0 Å². The van der Waals surface area contributed by atoms with Crippen LogP contribution in [0, 0.1) is 0 Å². The molecule has 2 rings (SSSR count).